The van der Waals surface area contributed by atoms with Crippen molar-refractivity contribution in [2.24, 2.45) is 0 Å². The number of nitrogens with one attached hydrogen (secondary N) is 1. The number of nitrogens with zero attached hydrogens (tertiary/aromatic N) is 1. The molecule has 0 radical (unpaired) electrons. The Morgan fingerprint density at radius 1 is 0.963 bits per heavy atom. The van der Waals surface area contributed by atoms with Gasteiger partial charge in [-0.2, -0.15) is 0 Å². The first kappa shape index (κ1) is 17.3. The molecule has 0 atom stereocenters. The molecule has 1 heterocycles. The molecule has 0 unspecified atom stereocenters. The number of aromatic nitrogens is 1. The van der Waals surface area contributed by atoms with Crippen LogP contribution in [-0.4, -0.2) is 11.1 Å². The van der Waals surface area contributed by atoms with E-state index >= 15 is 0 Å². The average Bonchev–Trinajstić information content (AvgIpc) is 3.08. The van der Waals surface area contributed by atoms with Gasteiger partial charge >= 0.3 is 0 Å². The minimum atomic E-state index is -0.237. The van der Waals surface area contributed by atoms with E-state index in [4.69, 9.17) is 16.1 Å². The Bertz CT molecular complexity index is 1150. The van der Waals surface area contributed by atoms with Gasteiger partial charge in [0, 0.05) is 11.1 Å². The van der Waals surface area contributed by atoms with Crippen molar-refractivity contribution < 1.29 is 9.32 Å². The largest absolute Gasteiger partial charge is 0.355 e. The minimum absolute atomic E-state index is 0.237. The highest BCUT2D eigenvalue weighted by molar-refractivity contribution is 6.34. The number of carbonyl (C=O) groups excluding carboxylic acids is 1. The lowest BCUT2D eigenvalue weighted by Gasteiger charge is -2.08. The summed E-state index contributed by atoms with van der Waals surface area (Å²) in [6.45, 7) is 3.98. The number of carbonyl (C=O) groups is 1. The molecule has 0 aliphatic rings. The third kappa shape index (κ3) is 3.44. The monoisotopic (exact) mass is 376 g/mol. The molecule has 1 aromatic heterocycles. The predicted molar refractivity (Wildman–Crippen MR) is 108 cm³/mol. The Morgan fingerprint density at radius 3 is 2.44 bits per heavy atom. The van der Waals surface area contributed by atoms with E-state index in [0.29, 0.717) is 27.6 Å². The molecule has 0 bridgehead atoms. The van der Waals surface area contributed by atoms with Gasteiger partial charge in [0.1, 0.15) is 5.52 Å². The molecule has 0 spiro atoms. The molecule has 1 N–H and O–H groups in total. The van der Waals surface area contributed by atoms with E-state index in [1.807, 2.05) is 50.2 Å². The van der Waals surface area contributed by atoms with Crippen LogP contribution in [0.25, 0.3) is 22.2 Å². The molecular weight excluding hydrogens is 360 g/mol. The minimum Gasteiger partial charge on any atom is -0.355 e. The fourth-order valence-corrected chi connectivity index (χ4v) is 3.19. The summed E-state index contributed by atoms with van der Waals surface area (Å²) in [6, 6.07) is 18.8. The Labute approximate surface area is 161 Å². The highest BCUT2D eigenvalue weighted by Crippen LogP contribution is 2.30. The summed E-state index contributed by atoms with van der Waals surface area (Å²) in [5, 5.41) is 8.26. The van der Waals surface area contributed by atoms with Crippen LogP contribution in [0, 0.1) is 13.8 Å². The molecule has 5 heteroatoms. The molecule has 0 saturated heterocycles. The fraction of sp³-hybridized carbons (Fsp3) is 0.0909. The number of rotatable bonds is 3. The number of aryl methyl sites for hydroxylation is 2. The number of benzene rings is 3. The van der Waals surface area contributed by atoms with Crippen molar-refractivity contribution in [3.05, 3.63) is 82.4 Å². The summed E-state index contributed by atoms with van der Waals surface area (Å²) >= 11 is 6.22. The summed E-state index contributed by atoms with van der Waals surface area (Å²) in [4.78, 5) is 12.7. The summed E-state index contributed by atoms with van der Waals surface area (Å²) < 4.78 is 5.52. The number of hydrogen-bond acceptors (Lipinski definition) is 3. The van der Waals surface area contributed by atoms with Crippen molar-refractivity contribution in [2.75, 3.05) is 5.32 Å². The van der Waals surface area contributed by atoms with Gasteiger partial charge in [0.05, 0.1) is 16.1 Å². The molecule has 4 rings (SSSR count). The van der Waals surface area contributed by atoms with Crippen molar-refractivity contribution in [1.82, 2.24) is 5.16 Å². The molecule has 4 nitrogen and oxygen atoms in total. The number of hydrogen-bond donors (Lipinski definition) is 1. The van der Waals surface area contributed by atoms with E-state index in [0.717, 1.165) is 22.1 Å². The SMILES string of the molecule is Cc1ccc(-c2onc3ccc(C(=O)Nc4ccc(C)cc4Cl)cc23)cc1. The smallest absolute Gasteiger partial charge is 0.255 e. The first-order chi connectivity index (χ1) is 13.0. The van der Waals surface area contributed by atoms with Crippen molar-refractivity contribution in [3.8, 4) is 11.3 Å². The van der Waals surface area contributed by atoms with Gasteiger partial charge in [-0.05, 0) is 49.7 Å². The first-order valence-electron chi connectivity index (χ1n) is 8.55. The van der Waals surface area contributed by atoms with Crippen LogP contribution in [0.3, 0.4) is 0 Å². The van der Waals surface area contributed by atoms with Crippen molar-refractivity contribution in [1.29, 1.82) is 0 Å². The van der Waals surface area contributed by atoms with Crippen LogP contribution in [-0.2, 0) is 0 Å². The molecule has 134 valence electrons. The summed E-state index contributed by atoms with van der Waals surface area (Å²) in [7, 11) is 0. The Hall–Kier alpha value is -3.11. The second-order valence-electron chi connectivity index (χ2n) is 6.55. The highest BCUT2D eigenvalue weighted by Gasteiger charge is 2.15. The van der Waals surface area contributed by atoms with E-state index in [1.165, 1.54) is 0 Å². The molecule has 0 fully saturated rings. The lowest BCUT2D eigenvalue weighted by Crippen LogP contribution is -2.12. The second kappa shape index (κ2) is 6.89. The zero-order valence-corrected chi connectivity index (χ0v) is 15.7. The lowest BCUT2D eigenvalue weighted by atomic mass is 10.0. The summed E-state index contributed by atoms with van der Waals surface area (Å²) in [5.41, 5.74) is 4.91. The maximum absolute atomic E-state index is 12.7. The van der Waals surface area contributed by atoms with Crippen LogP contribution in [0.2, 0.25) is 5.02 Å². The fourth-order valence-electron chi connectivity index (χ4n) is 2.91. The molecule has 27 heavy (non-hydrogen) atoms. The predicted octanol–water partition coefficient (Wildman–Crippen LogP) is 6.02. The third-order valence-electron chi connectivity index (χ3n) is 4.43. The Kier molecular flexibility index (Phi) is 4.42. The molecule has 0 aliphatic heterocycles. The molecule has 1 amide bonds. The van der Waals surface area contributed by atoms with Crippen molar-refractivity contribution in [2.45, 2.75) is 13.8 Å². The average molecular weight is 377 g/mol. The Balaban J connectivity index is 1.69. The summed E-state index contributed by atoms with van der Waals surface area (Å²) in [5.74, 6) is 0.409. The van der Waals surface area contributed by atoms with E-state index in [9.17, 15) is 4.79 Å². The van der Waals surface area contributed by atoms with Crippen LogP contribution in [0.15, 0.2) is 65.2 Å². The van der Waals surface area contributed by atoms with Crippen molar-refractivity contribution >= 4 is 34.1 Å². The molecule has 0 saturated carbocycles. The quantitative estimate of drug-likeness (QED) is 0.475. The molecular formula is C22H17ClN2O2. The van der Waals surface area contributed by atoms with E-state index in [-0.39, 0.29) is 5.91 Å². The summed E-state index contributed by atoms with van der Waals surface area (Å²) in [6.07, 6.45) is 0. The van der Waals surface area contributed by atoms with E-state index in [2.05, 4.69) is 10.5 Å². The zero-order valence-electron chi connectivity index (χ0n) is 14.9. The van der Waals surface area contributed by atoms with Gasteiger partial charge in [0.15, 0.2) is 5.76 Å². The van der Waals surface area contributed by atoms with Gasteiger partial charge in [0.25, 0.3) is 5.91 Å². The zero-order chi connectivity index (χ0) is 19.0. The molecule has 4 aromatic rings. The normalized spacial score (nSPS) is 10.9. The van der Waals surface area contributed by atoms with Gasteiger partial charge in [0.2, 0.25) is 0 Å². The number of anilines is 1. The van der Waals surface area contributed by atoms with Crippen LogP contribution in [0.4, 0.5) is 5.69 Å². The number of fused-ring (bicyclic) bond motifs is 1. The van der Waals surface area contributed by atoms with Crippen LogP contribution >= 0.6 is 11.6 Å². The third-order valence-corrected chi connectivity index (χ3v) is 4.74. The topological polar surface area (TPSA) is 55.1 Å². The second-order valence-corrected chi connectivity index (χ2v) is 6.95. The molecule has 3 aromatic carbocycles. The first-order valence-corrected chi connectivity index (χ1v) is 8.93. The van der Waals surface area contributed by atoms with Crippen LogP contribution < -0.4 is 5.32 Å². The Morgan fingerprint density at radius 2 is 1.70 bits per heavy atom. The van der Waals surface area contributed by atoms with Gasteiger partial charge in [-0.3, -0.25) is 4.79 Å². The van der Waals surface area contributed by atoms with E-state index in [1.54, 1.807) is 24.3 Å². The number of amides is 1. The van der Waals surface area contributed by atoms with Gasteiger partial charge in [-0.15, -0.1) is 0 Å². The molecule has 0 aliphatic carbocycles. The maximum Gasteiger partial charge on any atom is 0.255 e. The van der Waals surface area contributed by atoms with Crippen LogP contribution in [0.1, 0.15) is 21.5 Å². The van der Waals surface area contributed by atoms with E-state index < -0.39 is 0 Å². The number of halogens is 1. The highest BCUT2D eigenvalue weighted by atomic mass is 35.5. The standard InChI is InChI=1S/C22H17ClN2O2/c1-13-3-6-15(7-4-13)21-17-12-16(8-10-19(17)25-27-21)22(26)24-20-9-5-14(2)11-18(20)23/h3-12H,1-2H3,(H,24,26). The van der Waals surface area contributed by atoms with Gasteiger partial charge in [-0.1, -0.05) is 52.7 Å². The lowest BCUT2D eigenvalue weighted by molar-refractivity contribution is 0.102. The maximum atomic E-state index is 12.7. The van der Waals surface area contributed by atoms with Crippen LogP contribution in [0.5, 0.6) is 0 Å². The van der Waals surface area contributed by atoms with Gasteiger partial charge in [-0.25, -0.2) is 0 Å². The van der Waals surface area contributed by atoms with Gasteiger partial charge < -0.3 is 9.84 Å². The van der Waals surface area contributed by atoms with Crippen molar-refractivity contribution in [3.63, 3.8) is 0 Å².